The molecule has 1 aromatic carbocycles. The molecule has 19 heavy (non-hydrogen) atoms. The van der Waals surface area contributed by atoms with Crippen LogP contribution in [0.1, 0.15) is 24.0 Å². The van der Waals surface area contributed by atoms with E-state index in [0.29, 0.717) is 20.0 Å². The Labute approximate surface area is 112 Å². The molecule has 0 spiro atoms. The first-order valence-electron chi connectivity index (χ1n) is 6.64. The van der Waals surface area contributed by atoms with Crippen molar-refractivity contribution >= 4 is 5.69 Å². The van der Waals surface area contributed by atoms with Gasteiger partial charge in [0.25, 0.3) is 0 Å². The van der Waals surface area contributed by atoms with Gasteiger partial charge in [0.1, 0.15) is 5.75 Å². The minimum Gasteiger partial charge on any atom is -0.467 e. The highest BCUT2D eigenvalue weighted by molar-refractivity contribution is 5.53. The largest absolute Gasteiger partial charge is 0.467 e. The normalized spacial score (nSPS) is 19.8. The predicted octanol–water partition coefficient (Wildman–Crippen LogP) is 1.83. The van der Waals surface area contributed by atoms with E-state index in [1.165, 1.54) is 0 Å². The van der Waals surface area contributed by atoms with E-state index in [1.54, 1.807) is 0 Å². The van der Waals surface area contributed by atoms with E-state index >= 15 is 0 Å². The number of anilines is 1. The van der Waals surface area contributed by atoms with Crippen LogP contribution in [0.5, 0.6) is 5.75 Å². The lowest BCUT2D eigenvalue weighted by Gasteiger charge is -2.25. The van der Waals surface area contributed by atoms with Crippen molar-refractivity contribution in [3.8, 4) is 5.75 Å². The quantitative estimate of drug-likeness (QED) is 0.845. The first-order valence-corrected chi connectivity index (χ1v) is 6.64. The SMILES string of the molecule is Nc1cc2c(c(COC3CCOCC3)c1)OCOC2. The topological polar surface area (TPSA) is 62.9 Å². The number of hydrogen-bond acceptors (Lipinski definition) is 5. The highest BCUT2D eigenvalue weighted by Gasteiger charge is 2.19. The van der Waals surface area contributed by atoms with E-state index in [9.17, 15) is 0 Å². The molecule has 0 atom stereocenters. The van der Waals surface area contributed by atoms with Crippen LogP contribution >= 0.6 is 0 Å². The molecule has 0 radical (unpaired) electrons. The Hall–Kier alpha value is -1.30. The van der Waals surface area contributed by atoms with Gasteiger partial charge >= 0.3 is 0 Å². The van der Waals surface area contributed by atoms with Crippen LogP contribution in [0.3, 0.4) is 0 Å². The van der Waals surface area contributed by atoms with E-state index in [0.717, 1.165) is 48.6 Å². The molecule has 2 heterocycles. The number of ether oxygens (including phenoxy) is 4. The smallest absolute Gasteiger partial charge is 0.189 e. The molecule has 1 aromatic rings. The molecule has 2 N–H and O–H groups in total. The molecule has 5 heteroatoms. The first kappa shape index (κ1) is 12.7. The molecular formula is C14H19NO4. The molecule has 0 unspecified atom stereocenters. The number of hydrogen-bond donors (Lipinski definition) is 1. The summed E-state index contributed by atoms with van der Waals surface area (Å²) in [4.78, 5) is 0. The van der Waals surface area contributed by atoms with Gasteiger partial charge in [-0.05, 0) is 25.0 Å². The number of nitrogens with two attached hydrogens (primary N) is 1. The van der Waals surface area contributed by atoms with Crippen LogP contribution in [0.4, 0.5) is 5.69 Å². The zero-order chi connectivity index (χ0) is 13.1. The van der Waals surface area contributed by atoms with Gasteiger partial charge in [-0.25, -0.2) is 0 Å². The molecule has 2 aliphatic heterocycles. The van der Waals surface area contributed by atoms with Crippen molar-refractivity contribution in [2.75, 3.05) is 25.7 Å². The lowest BCUT2D eigenvalue weighted by Crippen LogP contribution is -2.23. The van der Waals surface area contributed by atoms with E-state index in [4.69, 9.17) is 24.7 Å². The first-order chi connectivity index (χ1) is 9.33. The van der Waals surface area contributed by atoms with E-state index < -0.39 is 0 Å². The van der Waals surface area contributed by atoms with Crippen molar-refractivity contribution < 1.29 is 18.9 Å². The second-order valence-electron chi connectivity index (χ2n) is 4.90. The molecule has 1 saturated heterocycles. The lowest BCUT2D eigenvalue weighted by atomic mass is 10.1. The van der Waals surface area contributed by atoms with Crippen molar-refractivity contribution in [2.45, 2.75) is 32.2 Å². The third-order valence-corrected chi connectivity index (χ3v) is 3.45. The number of benzene rings is 1. The Morgan fingerprint density at radius 1 is 1.21 bits per heavy atom. The van der Waals surface area contributed by atoms with Gasteiger partial charge in [0, 0.05) is 30.0 Å². The fourth-order valence-corrected chi connectivity index (χ4v) is 2.48. The lowest BCUT2D eigenvalue weighted by molar-refractivity contribution is -0.0430. The van der Waals surface area contributed by atoms with Gasteiger partial charge in [-0.3, -0.25) is 0 Å². The maximum Gasteiger partial charge on any atom is 0.189 e. The fourth-order valence-electron chi connectivity index (χ4n) is 2.48. The zero-order valence-corrected chi connectivity index (χ0v) is 10.9. The van der Waals surface area contributed by atoms with Crippen LogP contribution in [-0.2, 0) is 27.4 Å². The number of nitrogen functional groups attached to an aromatic ring is 1. The van der Waals surface area contributed by atoms with Gasteiger partial charge in [0.05, 0.1) is 19.3 Å². The molecule has 0 amide bonds. The van der Waals surface area contributed by atoms with Crippen molar-refractivity contribution in [1.29, 1.82) is 0 Å². The molecule has 1 fully saturated rings. The summed E-state index contributed by atoms with van der Waals surface area (Å²) in [5.74, 6) is 0.868. The van der Waals surface area contributed by atoms with Gasteiger partial charge < -0.3 is 24.7 Å². The van der Waals surface area contributed by atoms with E-state index in [1.807, 2.05) is 12.1 Å². The summed E-state index contributed by atoms with van der Waals surface area (Å²) in [6, 6.07) is 3.82. The standard InChI is InChI=1S/C14H19NO4/c15-12-5-10-7-17-9-19-14(10)11(6-12)8-18-13-1-3-16-4-2-13/h5-6,13H,1-4,7-9,15H2. The maximum atomic E-state index is 5.93. The summed E-state index contributed by atoms with van der Waals surface area (Å²) in [5, 5.41) is 0. The molecule has 0 aromatic heterocycles. The van der Waals surface area contributed by atoms with Gasteiger partial charge in [-0.2, -0.15) is 0 Å². The van der Waals surface area contributed by atoms with Crippen molar-refractivity contribution in [3.05, 3.63) is 23.3 Å². The van der Waals surface area contributed by atoms with E-state index in [-0.39, 0.29) is 6.10 Å². The average Bonchev–Trinajstić information content (AvgIpc) is 2.45. The second-order valence-corrected chi connectivity index (χ2v) is 4.90. The summed E-state index contributed by atoms with van der Waals surface area (Å²) in [6.07, 6.45) is 2.17. The van der Waals surface area contributed by atoms with Crippen molar-refractivity contribution in [1.82, 2.24) is 0 Å². The Balaban J connectivity index is 1.70. The third kappa shape index (κ3) is 3.00. The van der Waals surface area contributed by atoms with E-state index in [2.05, 4.69) is 0 Å². The summed E-state index contributed by atoms with van der Waals surface area (Å²) in [6.45, 7) is 2.93. The Kier molecular flexibility index (Phi) is 3.87. The molecule has 2 aliphatic rings. The third-order valence-electron chi connectivity index (χ3n) is 3.45. The number of rotatable bonds is 3. The minimum absolute atomic E-state index is 0.269. The van der Waals surface area contributed by atoms with Gasteiger partial charge in [0.2, 0.25) is 0 Å². The van der Waals surface area contributed by atoms with Crippen LogP contribution in [0.25, 0.3) is 0 Å². The fraction of sp³-hybridized carbons (Fsp3) is 0.571. The molecular weight excluding hydrogens is 246 g/mol. The van der Waals surface area contributed by atoms with Crippen LogP contribution in [-0.4, -0.2) is 26.1 Å². The minimum atomic E-state index is 0.269. The summed E-state index contributed by atoms with van der Waals surface area (Å²) in [5.41, 5.74) is 8.63. The molecule has 104 valence electrons. The molecule has 0 aliphatic carbocycles. The Morgan fingerprint density at radius 3 is 2.89 bits per heavy atom. The maximum absolute atomic E-state index is 5.93. The molecule has 0 bridgehead atoms. The van der Waals surface area contributed by atoms with Crippen LogP contribution < -0.4 is 10.5 Å². The molecule has 3 rings (SSSR count). The second kappa shape index (κ2) is 5.77. The van der Waals surface area contributed by atoms with Crippen molar-refractivity contribution in [2.24, 2.45) is 0 Å². The highest BCUT2D eigenvalue weighted by atomic mass is 16.7. The highest BCUT2D eigenvalue weighted by Crippen LogP contribution is 2.31. The average molecular weight is 265 g/mol. The Morgan fingerprint density at radius 2 is 2.05 bits per heavy atom. The summed E-state index contributed by atoms with van der Waals surface area (Å²) < 4.78 is 22.1. The summed E-state index contributed by atoms with van der Waals surface area (Å²) >= 11 is 0. The van der Waals surface area contributed by atoms with Gasteiger partial charge in [0.15, 0.2) is 6.79 Å². The predicted molar refractivity (Wildman–Crippen MR) is 69.8 cm³/mol. The monoisotopic (exact) mass is 265 g/mol. The summed E-state index contributed by atoms with van der Waals surface area (Å²) in [7, 11) is 0. The zero-order valence-electron chi connectivity index (χ0n) is 10.9. The molecule has 0 saturated carbocycles. The Bertz CT molecular complexity index is 443. The van der Waals surface area contributed by atoms with Crippen molar-refractivity contribution in [3.63, 3.8) is 0 Å². The molecule has 5 nitrogen and oxygen atoms in total. The number of fused-ring (bicyclic) bond motifs is 1. The van der Waals surface area contributed by atoms with Gasteiger partial charge in [-0.15, -0.1) is 0 Å². The van der Waals surface area contributed by atoms with Gasteiger partial charge in [-0.1, -0.05) is 0 Å². The van der Waals surface area contributed by atoms with Crippen LogP contribution in [0, 0.1) is 0 Å². The van der Waals surface area contributed by atoms with Crippen LogP contribution in [0.15, 0.2) is 12.1 Å². The van der Waals surface area contributed by atoms with Crippen LogP contribution in [0.2, 0.25) is 0 Å².